The van der Waals surface area contributed by atoms with Crippen molar-refractivity contribution >= 4 is 27.7 Å². The van der Waals surface area contributed by atoms with Crippen LogP contribution in [0.4, 0.5) is 0 Å². The van der Waals surface area contributed by atoms with Crippen molar-refractivity contribution in [1.29, 1.82) is 0 Å². The number of hydrogen-bond donors (Lipinski definition) is 2. The second kappa shape index (κ2) is 11.3. The normalized spacial score (nSPS) is 19.9. The van der Waals surface area contributed by atoms with Gasteiger partial charge in [0.05, 0.1) is 18.1 Å². The molecule has 2 N–H and O–H groups in total. The highest BCUT2D eigenvalue weighted by Gasteiger charge is 2.32. The number of hydroxylamine groups is 1. The van der Waals surface area contributed by atoms with Gasteiger partial charge in [-0.1, -0.05) is 13.0 Å². The van der Waals surface area contributed by atoms with E-state index in [2.05, 4.69) is 31.1 Å². The first-order valence-electron chi connectivity index (χ1n) is 11.2. The molecule has 0 spiro atoms. The molecule has 1 aromatic carbocycles. The van der Waals surface area contributed by atoms with Crippen LogP contribution < -0.4 is 5.48 Å². The smallest absolute Gasteiger partial charge is 0.257 e. The highest BCUT2D eigenvalue weighted by atomic mass is 79.9. The van der Waals surface area contributed by atoms with Crippen LogP contribution in [-0.2, 0) is 20.8 Å². The fourth-order valence-corrected chi connectivity index (χ4v) is 5.38. The van der Waals surface area contributed by atoms with Gasteiger partial charge in [0.1, 0.15) is 5.75 Å². The van der Waals surface area contributed by atoms with Crippen molar-refractivity contribution in [3.63, 3.8) is 0 Å². The Morgan fingerprint density at radius 2 is 1.77 bits per heavy atom. The predicted molar refractivity (Wildman–Crippen MR) is 122 cm³/mol. The van der Waals surface area contributed by atoms with Crippen molar-refractivity contribution in [1.82, 2.24) is 15.3 Å². The Hall–Kier alpha value is -1.64. The maximum Gasteiger partial charge on any atom is 0.257 e. The summed E-state index contributed by atoms with van der Waals surface area (Å²) >= 11 is 3.34. The number of piperidine rings is 2. The van der Waals surface area contributed by atoms with Gasteiger partial charge in [-0.25, -0.2) is 5.48 Å². The standard InChI is InChI=1S/C23H34BrN3O4/c1-16(13-17-3-4-21(28)20(24)14-17)23(30)27-11-7-19(8-12-27)18-5-9-26(10-6-18)15-22(29)25-31-2/h3-4,14,16,18-19,28H,5-13,15H2,1-2H3,(H,25,29)/t16-/m1/s1. The van der Waals surface area contributed by atoms with Gasteiger partial charge in [0, 0.05) is 19.0 Å². The number of phenols is 1. The largest absolute Gasteiger partial charge is 0.507 e. The lowest BCUT2D eigenvalue weighted by atomic mass is 9.78. The molecule has 31 heavy (non-hydrogen) atoms. The summed E-state index contributed by atoms with van der Waals surface area (Å²) in [5.74, 6) is 1.62. The minimum Gasteiger partial charge on any atom is -0.507 e. The minimum absolute atomic E-state index is 0.0746. The number of hydrogen-bond acceptors (Lipinski definition) is 5. The van der Waals surface area contributed by atoms with Crippen LogP contribution in [0.5, 0.6) is 5.75 Å². The van der Waals surface area contributed by atoms with E-state index in [-0.39, 0.29) is 23.5 Å². The number of benzene rings is 1. The number of likely N-dealkylation sites (tertiary alicyclic amines) is 2. The van der Waals surface area contributed by atoms with Crippen LogP contribution in [0.2, 0.25) is 0 Å². The van der Waals surface area contributed by atoms with Crippen LogP contribution in [0.25, 0.3) is 0 Å². The van der Waals surface area contributed by atoms with E-state index >= 15 is 0 Å². The number of carbonyl (C=O) groups excluding carboxylic acids is 2. The number of carbonyl (C=O) groups is 2. The molecule has 1 aromatic rings. The molecular formula is C23H34BrN3O4. The number of nitrogens with zero attached hydrogens (tertiary/aromatic N) is 2. The van der Waals surface area contributed by atoms with Crippen LogP contribution in [-0.4, -0.2) is 66.6 Å². The molecule has 0 aromatic heterocycles. The molecule has 2 heterocycles. The number of phenolic OH excluding ortho intramolecular Hbond substituents is 1. The van der Waals surface area contributed by atoms with Gasteiger partial charge < -0.3 is 10.0 Å². The summed E-state index contributed by atoms with van der Waals surface area (Å²) in [5, 5.41) is 9.65. The van der Waals surface area contributed by atoms with E-state index in [4.69, 9.17) is 0 Å². The molecule has 1 atom stereocenters. The van der Waals surface area contributed by atoms with E-state index in [1.54, 1.807) is 6.07 Å². The van der Waals surface area contributed by atoms with Gasteiger partial charge in [-0.15, -0.1) is 0 Å². The number of amides is 2. The highest BCUT2D eigenvalue weighted by molar-refractivity contribution is 9.10. The Balaban J connectivity index is 1.41. The second-order valence-corrected chi connectivity index (χ2v) is 9.75. The summed E-state index contributed by atoms with van der Waals surface area (Å²) in [6, 6.07) is 5.43. The lowest BCUT2D eigenvalue weighted by molar-refractivity contribution is -0.136. The highest BCUT2D eigenvalue weighted by Crippen LogP contribution is 2.33. The summed E-state index contributed by atoms with van der Waals surface area (Å²) in [6.45, 7) is 5.95. The zero-order chi connectivity index (χ0) is 22.4. The van der Waals surface area contributed by atoms with Crippen LogP contribution >= 0.6 is 15.9 Å². The van der Waals surface area contributed by atoms with Crippen LogP contribution in [0.3, 0.4) is 0 Å². The number of aromatic hydroxyl groups is 1. The summed E-state index contributed by atoms with van der Waals surface area (Å²) in [5.41, 5.74) is 3.43. The molecule has 172 valence electrons. The predicted octanol–water partition coefficient (Wildman–Crippen LogP) is 2.96. The molecule has 0 saturated carbocycles. The Kier molecular flexibility index (Phi) is 8.75. The van der Waals surface area contributed by atoms with Gasteiger partial charge >= 0.3 is 0 Å². The molecule has 2 amide bonds. The topological polar surface area (TPSA) is 82.1 Å². The monoisotopic (exact) mass is 495 g/mol. The summed E-state index contributed by atoms with van der Waals surface area (Å²) < 4.78 is 0.663. The number of halogens is 1. The molecule has 0 unspecified atom stereocenters. The molecule has 2 fully saturated rings. The zero-order valence-electron chi connectivity index (χ0n) is 18.5. The minimum atomic E-state index is -0.0958. The fraction of sp³-hybridized carbons (Fsp3) is 0.652. The van der Waals surface area contributed by atoms with Gasteiger partial charge in [0.25, 0.3) is 5.91 Å². The van der Waals surface area contributed by atoms with Gasteiger partial charge in [0.15, 0.2) is 0 Å². The van der Waals surface area contributed by atoms with Gasteiger partial charge in [-0.2, -0.15) is 0 Å². The summed E-state index contributed by atoms with van der Waals surface area (Å²) in [7, 11) is 1.45. The first-order valence-corrected chi connectivity index (χ1v) is 12.0. The van der Waals surface area contributed by atoms with Gasteiger partial charge in [-0.05, 0) is 90.7 Å². The fourth-order valence-electron chi connectivity index (χ4n) is 4.95. The number of nitrogens with one attached hydrogen (secondary N) is 1. The molecule has 3 rings (SSSR count). The molecule has 2 aliphatic rings. The number of rotatable bonds is 7. The van der Waals surface area contributed by atoms with Gasteiger partial charge in [-0.3, -0.25) is 19.3 Å². The van der Waals surface area contributed by atoms with Crippen molar-refractivity contribution in [3.8, 4) is 5.75 Å². The van der Waals surface area contributed by atoms with Crippen molar-refractivity contribution in [2.45, 2.75) is 39.0 Å². The summed E-state index contributed by atoms with van der Waals surface area (Å²) in [4.78, 5) is 33.5. The first kappa shape index (κ1) is 24.0. The quantitative estimate of drug-likeness (QED) is 0.568. The molecule has 2 aliphatic heterocycles. The molecule has 0 radical (unpaired) electrons. The van der Waals surface area contributed by atoms with Crippen molar-refractivity contribution in [2.24, 2.45) is 17.8 Å². The molecule has 8 heteroatoms. The molecule has 7 nitrogen and oxygen atoms in total. The van der Waals surface area contributed by atoms with E-state index < -0.39 is 0 Å². The summed E-state index contributed by atoms with van der Waals surface area (Å²) in [6.07, 6.45) is 5.04. The van der Waals surface area contributed by atoms with Crippen molar-refractivity contribution in [2.75, 3.05) is 39.8 Å². The average Bonchev–Trinajstić information content (AvgIpc) is 2.76. The Bertz CT molecular complexity index is 759. The van der Waals surface area contributed by atoms with E-state index in [0.717, 1.165) is 57.4 Å². The molecule has 0 bridgehead atoms. The Morgan fingerprint density at radius 1 is 1.16 bits per heavy atom. The van der Waals surface area contributed by atoms with Gasteiger partial charge in [0.2, 0.25) is 5.91 Å². The van der Waals surface area contributed by atoms with Crippen LogP contribution in [0, 0.1) is 17.8 Å². The van der Waals surface area contributed by atoms with Crippen molar-refractivity contribution in [3.05, 3.63) is 28.2 Å². The van der Waals surface area contributed by atoms with E-state index in [0.29, 0.717) is 29.3 Å². The average molecular weight is 496 g/mol. The van der Waals surface area contributed by atoms with E-state index in [9.17, 15) is 14.7 Å². The lowest BCUT2D eigenvalue weighted by Gasteiger charge is -2.40. The molecular weight excluding hydrogens is 462 g/mol. The SMILES string of the molecule is CONC(=O)CN1CCC(C2CCN(C(=O)[C@H](C)Cc3ccc(O)c(Br)c3)CC2)CC1. The van der Waals surface area contributed by atoms with Crippen molar-refractivity contribution < 1.29 is 19.5 Å². The lowest BCUT2D eigenvalue weighted by Crippen LogP contribution is -2.45. The third-order valence-corrected chi connectivity index (χ3v) is 7.34. The van der Waals surface area contributed by atoms with E-state index in [1.165, 1.54) is 7.11 Å². The Labute approximate surface area is 193 Å². The first-order chi connectivity index (χ1) is 14.9. The van der Waals surface area contributed by atoms with Crippen LogP contribution in [0.1, 0.15) is 38.2 Å². The maximum absolute atomic E-state index is 12.9. The molecule has 0 aliphatic carbocycles. The Morgan fingerprint density at radius 3 is 2.35 bits per heavy atom. The second-order valence-electron chi connectivity index (χ2n) is 8.90. The third-order valence-electron chi connectivity index (χ3n) is 6.71. The third kappa shape index (κ3) is 6.67. The maximum atomic E-state index is 12.9. The zero-order valence-corrected chi connectivity index (χ0v) is 20.1. The molecule has 2 saturated heterocycles. The van der Waals surface area contributed by atoms with Crippen LogP contribution in [0.15, 0.2) is 22.7 Å². The van der Waals surface area contributed by atoms with E-state index in [1.807, 2.05) is 24.0 Å².